The van der Waals surface area contributed by atoms with Crippen LogP contribution in [0.15, 0.2) is 34.7 Å². The Labute approximate surface area is 125 Å². The van der Waals surface area contributed by atoms with Crippen molar-refractivity contribution in [2.75, 3.05) is 4.72 Å². The van der Waals surface area contributed by atoms with Crippen molar-refractivity contribution in [3.63, 3.8) is 0 Å². The van der Waals surface area contributed by atoms with Crippen molar-refractivity contribution in [1.82, 2.24) is 9.36 Å². The fraction of sp³-hybridized carbons (Fsp3) is 0. The third-order valence-corrected chi connectivity index (χ3v) is 4.93. The second-order valence-corrected chi connectivity index (χ2v) is 6.34. The Morgan fingerprint density at radius 3 is 2.95 bits per heavy atom. The van der Waals surface area contributed by atoms with Crippen LogP contribution >= 0.6 is 34.7 Å². The van der Waals surface area contributed by atoms with E-state index in [1.165, 1.54) is 11.5 Å². The summed E-state index contributed by atoms with van der Waals surface area (Å²) >= 11 is 13.0. The summed E-state index contributed by atoms with van der Waals surface area (Å²) in [4.78, 5) is 3.69. The molecule has 0 saturated carbocycles. The third kappa shape index (κ3) is 2.49. The zero-order valence-corrected chi connectivity index (χ0v) is 12.5. The van der Waals surface area contributed by atoms with Gasteiger partial charge in [0.25, 0.3) is 0 Å². The number of aromatic nitrogens is 2. The number of H-pyrrole nitrogens is 1. The molecule has 98 valence electrons. The second-order valence-electron chi connectivity index (χ2n) is 3.73. The lowest BCUT2D eigenvalue weighted by atomic mass is 10.2. The highest BCUT2D eigenvalue weighted by Gasteiger charge is 2.13. The average molecular weight is 332 g/mol. The molecule has 2 aromatic heterocycles. The van der Waals surface area contributed by atoms with Gasteiger partial charge in [0, 0.05) is 27.5 Å². The molecule has 0 aliphatic heterocycles. The Hall–Kier alpha value is -1.08. The molecule has 8 heteroatoms. The summed E-state index contributed by atoms with van der Waals surface area (Å²) in [6.07, 6.45) is 1.69. The molecular weight excluding hydrogens is 325 g/mol. The van der Waals surface area contributed by atoms with Crippen LogP contribution < -0.4 is 4.72 Å². The number of benzene rings is 1. The number of nitrogens with zero attached hydrogens (tertiary/aromatic N) is 1. The Morgan fingerprint density at radius 2 is 2.21 bits per heavy atom. The summed E-state index contributed by atoms with van der Waals surface area (Å²) < 4.78 is 19.0. The number of hydrogen-bond acceptors (Lipinski definition) is 3. The predicted octanol–water partition coefficient (Wildman–Crippen LogP) is 4.07. The van der Waals surface area contributed by atoms with E-state index in [2.05, 4.69) is 14.1 Å². The summed E-state index contributed by atoms with van der Waals surface area (Å²) in [7, 11) is -1.42. The van der Waals surface area contributed by atoms with Gasteiger partial charge in [-0.25, -0.2) is 4.21 Å². The second kappa shape index (κ2) is 5.13. The zero-order valence-electron chi connectivity index (χ0n) is 9.31. The van der Waals surface area contributed by atoms with Crippen LogP contribution in [-0.4, -0.2) is 13.6 Å². The molecule has 3 rings (SSSR count). The van der Waals surface area contributed by atoms with E-state index in [4.69, 9.17) is 23.2 Å². The van der Waals surface area contributed by atoms with Crippen LogP contribution in [0.1, 0.15) is 0 Å². The number of hydrogen-bond donors (Lipinski definition) is 2. The van der Waals surface area contributed by atoms with Gasteiger partial charge in [0.1, 0.15) is 0 Å². The first-order chi connectivity index (χ1) is 9.15. The topological polar surface area (TPSA) is 57.8 Å². The van der Waals surface area contributed by atoms with E-state index in [0.717, 1.165) is 10.9 Å². The molecule has 0 bridgehead atoms. The van der Waals surface area contributed by atoms with Gasteiger partial charge in [-0.05, 0) is 23.7 Å². The van der Waals surface area contributed by atoms with E-state index >= 15 is 0 Å². The maximum atomic E-state index is 12.3. The third-order valence-electron chi connectivity index (χ3n) is 2.53. The van der Waals surface area contributed by atoms with Gasteiger partial charge in [-0.15, -0.1) is 0 Å². The van der Waals surface area contributed by atoms with E-state index in [1.54, 1.807) is 23.7 Å². The molecule has 3 aromatic rings. The van der Waals surface area contributed by atoms with E-state index in [9.17, 15) is 4.21 Å². The molecule has 0 amide bonds. The van der Waals surface area contributed by atoms with Crippen LogP contribution in [0.25, 0.3) is 10.9 Å². The Morgan fingerprint density at radius 1 is 1.37 bits per heavy atom. The molecule has 2 N–H and O–H groups in total. The Bertz CT molecular complexity index is 768. The van der Waals surface area contributed by atoms with Crippen molar-refractivity contribution in [3.8, 4) is 0 Å². The van der Waals surface area contributed by atoms with Gasteiger partial charge in [0.05, 0.1) is 10.6 Å². The highest BCUT2D eigenvalue weighted by molar-refractivity contribution is 7.86. The number of nitrogens with one attached hydrogen (secondary N) is 2. The lowest BCUT2D eigenvalue weighted by Gasteiger charge is -2.02. The molecule has 0 aliphatic carbocycles. The monoisotopic (exact) mass is 331 g/mol. The van der Waals surface area contributed by atoms with Crippen molar-refractivity contribution >= 4 is 62.3 Å². The lowest BCUT2D eigenvalue weighted by Crippen LogP contribution is -2.03. The van der Waals surface area contributed by atoms with Gasteiger partial charge in [-0.3, -0.25) is 4.72 Å². The number of aromatic amines is 1. The quantitative estimate of drug-likeness (QED) is 0.760. The summed E-state index contributed by atoms with van der Waals surface area (Å²) in [6, 6.07) is 5.38. The summed E-state index contributed by atoms with van der Waals surface area (Å²) in [6.45, 7) is 0. The molecule has 1 aromatic carbocycles. The molecule has 1 unspecified atom stereocenters. The molecular formula is C11H7Cl2N3OS2. The first-order valence-corrected chi connectivity index (χ1v) is 7.94. The average Bonchev–Trinajstić information content (AvgIpc) is 2.96. The minimum Gasteiger partial charge on any atom is -0.360 e. The minimum atomic E-state index is -1.42. The zero-order chi connectivity index (χ0) is 13.4. The molecule has 1 atom stereocenters. The molecule has 0 spiro atoms. The first kappa shape index (κ1) is 12.9. The molecule has 0 radical (unpaired) electrons. The number of anilines is 1. The normalized spacial score (nSPS) is 12.7. The van der Waals surface area contributed by atoms with Crippen molar-refractivity contribution in [3.05, 3.63) is 40.0 Å². The number of fused-ring (bicyclic) bond motifs is 1. The van der Waals surface area contributed by atoms with Crippen molar-refractivity contribution in [1.29, 1.82) is 0 Å². The van der Waals surface area contributed by atoms with Gasteiger partial charge >= 0.3 is 0 Å². The summed E-state index contributed by atoms with van der Waals surface area (Å²) in [5.74, 6) is 0. The fourth-order valence-electron chi connectivity index (χ4n) is 1.67. The van der Waals surface area contributed by atoms with Crippen LogP contribution in [0.4, 0.5) is 5.69 Å². The molecule has 0 saturated heterocycles. The maximum Gasteiger partial charge on any atom is 0.166 e. The molecule has 0 aliphatic rings. The first-order valence-electron chi connectivity index (χ1n) is 5.20. The molecule has 0 fully saturated rings. The Kier molecular flexibility index (Phi) is 3.49. The van der Waals surface area contributed by atoms with Gasteiger partial charge in [0.2, 0.25) is 0 Å². The number of rotatable bonds is 3. The van der Waals surface area contributed by atoms with Crippen molar-refractivity contribution < 1.29 is 4.21 Å². The van der Waals surface area contributed by atoms with E-state index in [-0.39, 0.29) is 0 Å². The van der Waals surface area contributed by atoms with Crippen LogP contribution in [-0.2, 0) is 11.0 Å². The van der Waals surface area contributed by atoms with Crippen LogP contribution in [0, 0.1) is 0 Å². The molecule has 4 nitrogen and oxygen atoms in total. The van der Waals surface area contributed by atoms with E-state index in [0.29, 0.717) is 20.8 Å². The summed E-state index contributed by atoms with van der Waals surface area (Å²) in [5.41, 5.74) is 1.40. The largest absolute Gasteiger partial charge is 0.360 e. The SMILES string of the molecule is O=S(Nc1csnc1Cl)c1c[nH]c2cc(Cl)ccc12. The highest BCUT2D eigenvalue weighted by atomic mass is 35.5. The van der Waals surface area contributed by atoms with Crippen LogP contribution in [0.5, 0.6) is 0 Å². The minimum absolute atomic E-state index is 0.321. The van der Waals surface area contributed by atoms with E-state index < -0.39 is 11.0 Å². The number of halogens is 2. The standard InChI is InChI=1S/C11H7Cl2N3OS2/c12-6-1-2-7-8(3-6)14-4-10(7)19(17)16-9-5-18-15-11(9)13/h1-5,14,16H. The lowest BCUT2D eigenvalue weighted by molar-refractivity contribution is 0.687. The van der Waals surface area contributed by atoms with Gasteiger partial charge in [-0.2, -0.15) is 4.37 Å². The highest BCUT2D eigenvalue weighted by Crippen LogP contribution is 2.27. The van der Waals surface area contributed by atoms with Crippen molar-refractivity contribution in [2.24, 2.45) is 0 Å². The van der Waals surface area contributed by atoms with Gasteiger partial charge in [-0.1, -0.05) is 29.3 Å². The molecule has 19 heavy (non-hydrogen) atoms. The predicted molar refractivity (Wildman–Crippen MR) is 80.5 cm³/mol. The van der Waals surface area contributed by atoms with Crippen LogP contribution in [0.2, 0.25) is 10.2 Å². The summed E-state index contributed by atoms with van der Waals surface area (Å²) in [5, 5.41) is 3.52. The molecule has 2 heterocycles. The maximum absolute atomic E-state index is 12.3. The van der Waals surface area contributed by atoms with Crippen molar-refractivity contribution in [2.45, 2.75) is 4.90 Å². The Balaban J connectivity index is 1.96. The van der Waals surface area contributed by atoms with E-state index in [1.807, 2.05) is 6.07 Å². The van der Waals surface area contributed by atoms with Crippen LogP contribution in [0.3, 0.4) is 0 Å². The smallest absolute Gasteiger partial charge is 0.166 e. The van der Waals surface area contributed by atoms with Gasteiger partial charge < -0.3 is 4.98 Å². The fourth-order valence-corrected chi connectivity index (χ4v) is 3.79. The van der Waals surface area contributed by atoms with Gasteiger partial charge in [0.15, 0.2) is 16.1 Å².